The average molecular weight is 354 g/mol. The molecule has 0 atom stereocenters. The molecule has 134 valence electrons. The molecule has 8 heteroatoms. The molecule has 0 unspecified atom stereocenters. The molecule has 0 saturated carbocycles. The van der Waals surface area contributed by atoms with Gasteiger partial charge in [-0.2, -0.15) is 5.10 Å². The van der Waals surface area contributed by atoms with Crippen molar-refractivity contribution in [2.24, 2.45) is 0 Å². The normalized spacial score (nSPS) is 10.9. The third kappa shape index (κ3) is 2.79. The molecule has 0 amide bonds. The molecular formula is C18H18N4O4. The van der Waals surface area contributed by atoms with Crippen molar-refractivity contribution in [3.05, 3.63) is 62.6 Å². The van der Waals surface area contributed by atoms with Crippen molar-refractivity contribution in [1.82, 2.24) is 14.8 Å². The smallest absolute Gasteiger partial charge is 0.340 e. The maximum atomic E-state index is 12.4. The number of esters is 1. The van der Waals surface area contributed by atoms with Crippen LogP contribution in [-0.2, 0) is 11.3 Å². The fourth-order valence-corrected chi connectivity index (χ4v) is 3.18. The lowest BCUT2D eigenvalue weighted by molar-refractivity contribution is -0.386. The summed E-state index contributed by atoms with van der Waals surface area (Å²) in [7, 11) is 1.31. The van der Waals surface area contributed by atoms with Crippen LogP contribution >= 0.6 is 0 Å². The molecule has 3 rings (SSSR count). The molecule has 0 aliphatic heterocycles. The molecule has 0 radical (unpaired) electrons. The Morgan fingerprint density at radius 3 is 2.58 bits per heavy atom. The zero-order chi connectivity index (χ0) is 19.0. The first-order valence-corrected chi connectivity index (χ1v) is 8.00. The Bertz CT molecular complexity index is 1040. The molecule has 0 aliphatic rings. The van der Waals surface area contributed by atoms with Crippen molar-refractivity contribution in [1.29, 1.82) is 0 Å². The molecule has 26 heavy (non-hydrogen) atoms. The highest BCUT2D eigenvalue weighted by molar-refractivity contribution is 5.98. The number of fused-ring (bicyclic) bond motifs is 1. The molecule has 0 fully saturated rings. The van der Waals surface area contributed by atoms with E-state index in [1.165, 1.54) is 11.8 Å². The number of aromatic nitrogens is 3. The van der Waals surface area contributed by atoms with Gasteiger partial charge in [0, 0.05) is 5.39 Å². The van der Waals surface area contributed by atoms with Crippen LogP contribution < -0.4 is 0 Å². The van der Waals surface area contributed by atoms with Crippen LogP contribution in [-0.4, -0.2) is 32.8 Å². The quantitative estimate of drug-likeness (QED) is 0.405. The highest BCUT2D eigenvalue weighted by Gasteiger charge is 2.25. The van der Waals surface area contributed by atoms with Gasteiger partial charge in [-0.1, -0.05) is 18.2 Å². The Balaban J connectivity index is 2.20. The van der Waals surface area contributed by atoms with Gasteiger partial charge in [0.05, 0.1) is 35.4 Å². The van der Waals surface area contributed by atoms with Gasteiger partial charge in [0.25, 0.3) is 0 Å². The summed E-state index contributed by atoms with van der Waals surface area (Å²) < 4.78 is 6.42. The minimum atomic E-state index is -0.494. The molecule has 3 aromatic rings. The van der Waals surface area contributed by atoms with E-state index in [2.05, 4.69) is 10.1 Å². The predicted molar refractivity (Wildman–Crippen MR) is 95.3 cm³/mol. The number of nitro groups is 1. The van der Waals surface area contributed by atoms with Crippen LogP contribution in [0.3, 0.4) is 0 Å². The number of hydrogen-bond acceptors (Lipinski definition) is 6. The van der Waals surface area contributed by atoms with Crippen molar-refractivity contribution in [3.63, 3.8) is 0 Å². The van der Waals surface area contributed by atoms with E-state index < -0.39 is 10.9 Å². The summed E-state index contributed by atoms with van der Waals surface area (Å²) in [5.41, 5.74) is 3.04. The van der Waals surface area contributed by atoms with Gasteiger partial charge in [-0.15, -0.1) is 0 Å². The van der Waals surface area contributed by atoms with Crippen LogP contribution in [0.5, 0.6) is 0 Å². The van der Waals surface area contributed by atoms with Gasteiger partial charge in [0.15, 0.2) is 0 Å². The fourth-order valence-electron chi connectivity index (χ4n) is 3.18. The van der Waals surface area contributed by atoms with Crippen LogP contribution in [0.15, 0.2) is 24.3 Å². The first kappa shape index (κ1) is 17.5. The topological polar surface area (TPSA) is 100 Å². The molecule has 0 bridgehead atoms. The number of carbonyl (C=O) groups is 1. The first-order chi connectivity index (χ1) is 12.3. The number of pyridine rings is 1. The second-order valence-corrected chi connectivity index (χ2v) is 6.00. The lowest BCUT2D eigenvalue weighted by atomic mass is 10.0. The van der Waals surface area contributed by atoms with Crippen LogP contribution in [0.25, 0.3) is 10.9 Å². The highest BCUT2D eigenvalue weighted by atomic mass is 16.6. The SMILES string of the molecule is COC(=O)c1c(Cn2nc(C)c([N+](=O)[O-])c2C)nc2ccccc2c1C. The monoisotopic (exact) mass is 354 g/mol. The fraction of sp³-hybridized carbons (Fsp3) is 0.278. The van der Waals surface area contributed by atoms with E-state index in [1.54, 1.807) is 13.8 Å². The molecular weight excluding hydrogens is 336 g/mol. The molecule has 1 aromatic carbocycles. The summed E-state index contributed by atoms with van der Waals surface area (Å²) in [5, 5.41) is 16.3. The molecule has 0 spiro atoms. The number of methoxy groups -OCH3 is 1. The summed E-state index contributed by atoms with van der Waals surface area (Å²) in [4.78, 5) is 27.7. The molecule has 2 heterocycles. The Kier molecular flexibility index (Phi) is 4.41. The van der Waals surface area contributed by atoms with Crippen LogP contribution in [0.2, 0.25) is 0 Å². The minimum absolute atomic E-state index is 0.0258. The minimum Gasteiger partial charge on any atom is -0.465 e. The predicted octanol–water partition coefficient (Wildman–Crippen LogP) is 3.10. The van der Waals surface area contributed by atoms with Crippen molar-refractivity contribution in [2.45, 2.75) is 27.3 Å². The zero-order valence-corrected chi connectivity index (χ0v) is 14.9. The maximum Gasteiger partial charge on any atom is 0.340 e. The van der Waals surface area contributed by atoms with E-state index in [4.69, 9.17) is 4.74 Å². The van der Waals surface area contributed by atoms with E-state index in [0.717, 1.165) is 16.5 Å². The van der Waals surface area contributed by atoms with Crippen molar-refractivity contribution >= 4 is 22.6 Å². The zero-order valence-electron chi connectivity index (χ0n) is 14.9. The standard InChI is InChI=1S/C18H18N4O4/c1-10-13-7-5-6-8-14(13)19-15(16(10)18(23)26-4)9-21-12(3)17(22(24)25)11(2)20-21/h5-8H,9H2,1-4H3. The summed E-state index contributed by atoms with van der Waals surface area (Å²) >= 11 is 0. The van der Waals surface area contributed by atoms with E-state index >= 15 is 0 Å². The molecule has 0 saturated heterocycles. The Hall–Kier alpha value is -3.29. The van der Waals surface area contributed by atoms with Gasteiger partial charge in [0.1, 0.15) is 11.4 Å². The Morgan fingerprint density at radius 1 is 1.27 bits per heavy atom. The number of rotatable bonds is 4. The molecule has 2 aromatic heterocycles. The second kappa shape index (κ2) is 6.55. The Labute approximate surface area is 149 Å². The highest BCUT2D eigenvalue weighted by Crippen LogP contribution is 2.26. The van der Waals surface area contributed by atoms with E-state index in [9.17, 15) is 14.9 Å². The van der Waals surface area contributed by atoms with Gasteiger partial charge >= 0.3 is 11.7 Å². The largest absolute Gasteiger partial charge is 0.465 e. The van der Waals surface area contributed by atoms with Gasteiger partial charge in [-0.25, -0.2) is 9.78 Å². The van der Waals surface area contributed by atoms with E-state index in [1.807, 2.05) is 31.2 Å². The number of nitrogens with zero attached hydrogens (tertiary/aromatic N) is 4. The average Bonchev–Trinajstić information content (AvgIpc) is 2.88. The third-order valence-corrected chi connectivity index (χ3v) is 4.44. The lowest BCUT2D eigenvalue weighted by Gasteiger charge is -2.13. The van der Waals surface area contributed by atoms with Crippen molar-refractivity contribution in [3.8, 4) is 0 Å². The summed E-state index contributed by atoms with van der Waals surface area (Å²) in [5.74, 6) is -0.494. The van der Waals surface area contributed by atoms with Crippen LogP contribution in [0, 0.1) is 30.9 Å². The number of benzene rings is 1. The first-order valence-electron chi connectivity index (χ1n) is 8.00. The number of hydrogen-bond donors (Lipinski definition) is 0. The van der Waals surface area contributed by atoms with Crippen LogP contribution in [0.1, 0.15) is 33.0 Å². The van der Waals surface area contributed by atoms with Crippen LogP contribution in [0.4, 0.5) is 5.69 Å². The lowest BCUT2D eigenvalue weighted by Crippen LogP contribution is -2.15. The second-order valence-electron chi connectivity index (χ2n) is 6.00. The number of para-hydroxylation sites is 1. The summed E-state index contributed by atoms with van der Waals surface area (Å²) in [6, 6.07) is 7.49. The summed E-state index contributed by atoms with van der Waals surface area (Å²) in [6.45, 7) is 5.19. The molecule has 0 N–H and O–H groups in total. The van der Waals surface area contributed by atoms with Crippen molar-refractivity contribution in [2.75, 3.05) is 7.11 Å². The van der Waals surface area contributed by atoms with Crippen molar-refractivity contribution < 1.29 is 14.5 Å². The van der Waals surface area contributed by atoms with E-state index in [-0.39, 0.29) is 12.2 Å². The Morgan fingerprint density at radius 2 is 1.96 bits per heavy atom. The number of ether oxygens (including phenoxy) is 1. The van der Waals surface area contributed by atoms with Gasteiger partial charge in [-0.3, -0.25) is 14.8 Å². The molecule has 8 nitrogen and oxygen atoms in total. The summed E-state index contributed by atoms with van der Waals surface area (Å²) in [6.07, 6.45) is 0. The third-order valence-electron chi connectivity index (χ3n) is 4.44. The van der Waals surface area contributed by atoms with Gasteiger partial charge < -0.3 is 4.74 Å². The van der Waals surface area contributed by atoms with E-state index in [0.29, 0.717) is 22.6 Å². The maximum absolute atomic E-state index is 12.4. The van der Waals surface area contributed by atoms with Gasteiger partial charge in [0.2, 0.25) is 0 Å². The number of carbonyl (C=O) groups excluding carboxylic acids is 1. The van der Waals surface area contributed by atoms with Gasteiger partial charge in [-0.05, 0) is 32.4 Å². The number of aryl methyl sites for hydroxylation is 2. The molecule has 0 aliphatic carbocycles.